The second-order valence-corrected chi connectivity index (χ2v) is 9.13. The Morgan fingerprint density at radius 3 is 2.61 bits per heavy atom. The molecule has 2 heterocycles. The number of thiazole rings is 1. The van der Waals surface area contributed by atoms with Crippen molar-refractivity contribution in [2.24, 2.45) is 0 Å². The molecule has 5 rings (SSSR count). The van der Waals surface area contributed by atoms with Crippen molar-refractivity contribution < 1.29 is 4.79 Å². The number of hydrogen-bond donors (Lipinski definition) is 1. The van der Waals surface area contributed by atoms with E-state index >= 15 is 0 Å². The summed E-state index contributed by atoms with van der Waals surface area (Å²) in [6, 6.07) is 18.8. The quantitative estimate of drug-likeness (QED) is 0.492. The summed E-state index contributed by atoms with van der Waals surface area (Å²) >= 11 is 1.74. The van der Waals surface area contributed by atoms with Crippen LogP contribution >= 0.6 is 11.3 Å². The molecule has 1 saturated heterocycles. The molecule has 1 aliphatic heterocycles. The SMILES string of the molecule is Cc1ccc2sc(N3CCN(C(=O)NCc4cccc5ccccc45)CC3)nc2c1C. The molecule has 0 bridgehead atoms. The number of hydrogen-bond acceptors (Lipinski definition) is 4. The van der Waals surface area contributed by atoms with Crippen LogP contribution in [0, 0.1) is 13.8 Å². The van der Waals surface area contributed by atoms with Crippen LogP contribution in [0.5, 0.6) is 0 Å². The number of nitrogens with one attached hydrogen (secondary N) is 1. The summed E-state index contributed by atoms with van der Waals surface area (Å²) in [6.07, 6.45) is 0. The number of rotatable bonds is 3. The van der Waals surface area contributed by atoms with Crippen LogP contribution in [0.3, 0.4) is 0 Å². The molecular weight excluding hydrogens is 404 g/mol. The maximum absolute atomic E-state index is 12.8. The van der Waals surface area contributed by atoms with Gasteiger partial charge in [0, 0.05) is 32.7 Å². The van der Waals surface area contributed by atoms with Gasteiger partial charge in [0.05, 0.1) is 10.2 Å². The second-order valence-electron chi connectivity index (χ2n) is 8.12. The Labute approximate surface area is 186 Å². The van der Waals surface area contributed by atoms with E-state index < -0.39 is 0 Å². The van der Waals surface area contributed by atoms with Crippen molar-refractivity contribution in [2.75, 3.05) is 31.1 Å². The van der Waals surface area contributed by atoms with E-state index in [4.69, 9.17) is 4.98 Å². The number of carbonyl (C=O) groups is 1. The fraction of sp³-hybridized carbons (Fsp3) is 0.280. The van der Waals surface area contributed by atoms with Crippen molar-refractivity contribution in [3.05, 3.63) is 71.3 Å². The molecule has 2 amide bonds. The number of nitrogens with zero attached hydrogens (tertiary/aromatic N) is 3. The Hall–Kier alpha value is -3.12. The first-order chi connectivity index (χ1) is 15.1. The number of carbonyl (C=O) groups excluding carboxylic acids is 1. The highest BCUT2D eigenvalue weighted by atomic mass is 32.1. The molecule has 4 aromatic rings. The first kappa shape index (κ1) is 19.8. The van der Waals surface area contributed by atoms with Gasteiger partial charge in [-0.2, -0.15) is 0 Å². The third-order valence-electron chi connectivity index (χ3n) is 6.22. The average molecular weight is 431 g/mol. The predicted molar refractivity (Wildman–Crippen MR) is 129 cm³/mol. The van der Waals surface area contributed by atoms with E-state index in [1.165, 1.54) is 26.6 Å². The highest BCUT2D eigenvalue weighted by Gasteiger charge is 2.23. The van der Waals surface area contributed by atoms with Crippen molar-refractivity contribution in [3.63, 3.8) is 0 Å². The van der Waals surface area contributed by atoms with Crippen LogP contribution in [-0.4, -0.2) is 42.1 Å². The molecule has 0 radical (unpaired) electrons. The molecule has 0 saturated carbocycles. The van der Waals surface area contributed by atoms with Crippen LogP contribution in [0.25, 0.3) is 21.0 Å². The van der Waals surface area contributed by atoms with Crippen molar-refractivity contribution in [2.45, 2.75) is 20.4 Å². The van der Waals surface area contributed by atoms with Gasteiger partial charge in [0.1, 0.15) is 0 Å². The van der Waals surface area contributed by atoms with Gasteiger partial charge in [-0.15, -0.1) is 0 Å². The third-order valence-corrected chi connectivity index (χ3v) is 7.30. The molecule has 0 atom stereocenters. The molecule has 3 aromatic carbocycles. The zero-order chi connectivity index (χ0) is 21.4. The van der Waals surface area contributed by atoms with Gasteiger partial charge in [-0.3, -0.25) is 0 Å². The molecule has 1 fully saturated rings. The van der Waals surface area contributed by atoms with E-state index in [9.17, 15) is 4.79 Å². The summed E-state index contributed by atoms with van der Waals surface area (Å²) in [4.78, 5) is 21.9. The van der Waals surface area contributed by atoms with E-state index in [1.807, 2.05) is 23.1 Å². The summed E-state index contributed by atoms with van der Waals surface area (Å²) in [5.41, 5.74) is 4.78. The summed E-state index contributed by atoms with van der Waals surface area (Å²) < 4.78 is 1.23. The van der Waals surface area contributed by atoms with E-state index in [0.29, 0.717) is 19.6 Å². The second kappa shape index (κ2) is 8.19. The van der Waals surface area contributed by atoms with Gasteiger partial charge >= 0.3 is 6.03 Å². The van der Waals surface area contributed by atoms with Crippen LogP contribution in [-0.2, 0) is 6.54 Å². The van der Waals surface area contributed by atoms with Gasteiger partial charge in [0.15, 0.2) is 5.13 Å². The van der Waals surface area contributed by atoms with E-state index in [-0.39, 0.29) is 6.03 Å². The minimum absolute atomic E-state index is 0.00310. The van der Waals surface area contributed by atoms with Gasteiger partial charge in [-0.25, -0.2) is 9.78 Å². The number of fused-ring (bicyclic) bond motifs is 2. The zero-order valence-electron chi connectivity index (χ0n) is 17.9. The monoisotopic (exact) mass is 430 g/mol. The first-order valence-corrected chi connectivity index (χ1v) is 11.5. The van der Waals surface area contributed by atoms with Gasteiger partial charge in [-0.1, -0.05) is 59.9 Å². The molecule has 0 aliphatic carbocycles. The van der Waals surface area contributed by atoms with Crippen molar-refractivity contribution in [3.8, 4) is 0 Å². The van der Waals surface area contributed by atoms with E-state index in [0.717, 1.165) is 29.3 Å². The molecule has 1 aromatic heterocycles. The maximum atomic E-state index is 12.8. The van der Waals surface area contributed by atoms with Gasteiger partial charge in [-0.05, 0) is 47.4 Å². The number of amides is 2. The normalized spacial score (nSPS) is 14.4. The topological polar surface area (TPSA) is 48.5 Å². The standard InChI is InChI=1S/C25H26N4OS/c1-17-10-11-22-23(18(17)2)27-25(31-22)29-14-12-28(13-15-29)24(30)26-16-20-8-5-7-19-6-3-4-9-21(19)20/h3-11H,12-16H2,1-2H3,(H,26,30). The molecule has 0 unspecified atom stereocenters. The number of urea groups is 1. The molecule has 0 spiro atoms. The molecule has 5 nitrogen and oxygen atoms in total. The molecule has 6 heteroatoms. The highest BCUT2D eigenvalue weighted by Crippen LogP contribution is 2.32. The minimum Gasteiger partial charge on any atom is -0.345 e. The number of aryl methyl sites for hydroxylation is 2. The molecular formula is C25H26N4OS. The average Bonchev–Trinajstić information content (AvgIpc) is 3.25. The zero-order valence-corrected chi connectivity index (χ0v) is 18.7. The fourth-order valence-electron chi connectivity index (χ4n) is 4.18. The van der Waals surface area contributed by atoms with Crippen molar-refractivity contribution in [1.82, 2.24) is 15.2 Å². The summed E-state index contributed by atoms with van der Waals surface area (Å²) in [5, 5.41) is 6.55. The molecule has 31 heavy (non-hydrogen) atoms. The summed E-state index contributed by atoms with van der Waals surface area (Å²) in [7, 11) is 0. The number of anilines is 1. The fourth-order valence-corrected chi connectivity index (χ4v) is 5.26. The Kier molecular flexibility index (Phi) is 5.24. The van der Waals surface area contributed by atoms with Crippen LogP contribution in [0.2, 0.25) is 0 Å². The first-order valence-electron chi connectivity index (χ1n) is 10.7. The smallest absolute Gasteiger partial charge is 0.317 e. The van der Waals surface area contributed by atoms with Crippen LogP contribution in [0.15, 0.2) is 54.6 Å². The molecule has 1 aliphatic rings. The van der Waals surface area contributed by atoms with Gasteiger partial charge in [0.25, 0.3) is 0 Å². The lowest BCUT2D eigenvalue weighted by Crippen LogP contribution is -2.51. The Balaban J connectivity index is 1.21. The maximum Gasteiger partial charge on any atom is 0.317 e. The lowest BCUT2D eigenvalue weighted by Gasteiger charge is -2.34. The highest BCUT2D eigenvalue weighted by molar-refractivity contribution is 7.22. The number of aromatic nitrogens is 1. The van der Waals surface area contributed by atoms with Gasteiger partial charge in [0.2, 0.25) is 0 Å². The Bertz CT molecular complexity index is 1250. The van der Waals surface area contributed by atoms with Crippen LogP contribution in [0.1, 0.15) is 16.7 Å². The van der Waals surface area contributed by atoms with Crippen molar-refractivity contribution in [1.29, 1.82) is 0 Å². The van der Waals surface area contributed by atoms with Crippen molar-refractivity contribution >= 4 is 43.5 Å². The lowest BCUT2D eigenvalue weighted by atomic mass is 10.0. The summed E-state index contributed by atoms with van der Waals surface area (Å²) in [6.45, 7) is 7.82. The minimum atomic E-state index is 0.00310. The Morgan fingerprint density at radius 2 is 1.77 bits per heavy atom. The van der Waals surface area contributed by atoms with Crippen LogP contribution < -0.4 is 10.2 Å². The predicted octanol–water partition coefficient (Wildman–Crippen LogP) is 5.10. The Morgan fingerprint density at radius 1 is 1.00 bits per heavy atom. The van der Waals surface area contributed by atoms with E-state index in [1.54, 1.807) is 11.3 Å². The molecule has 158 valence electrons. The van der Waals surface area contributed by atoms with Gasteiger partial charge < -0.3 is 15.1 Å². The largest absolute Gasteiger partial charge is 0.345 e. The lowest BCUT2D eigenvalue weighted by molar-refractivity contribution is 0.194. The number of piperazine rings is 1. The third kappa shape index (κ3) is 3.83. The number of benzene rings is 3. The summed E-state index contributed by atoms with van der Waals surface area (Å²) in [5.74, 6) is 0. The molecule has 1 N–H and O–H groups in total. The van der Waals surface area contributed by atoms with Crippen LogP contribution in [0.4, 0.5) is 9.93 Å². The van der Waals surface area contributed by atoms with E-state index in [2.05, 4.69) is 60.5 Å².